The summed E-state index contributed by atoms with van der Waals surface area (Å²) in [6, 6.07) is 5.39. The summed E-state index contributed by atoms with van der Waals surface area (Å²) in [5, 5.41) is 9.95. The van der Waals surface area contributed by atoms with Gasteiger partial charge in [0.05, 0.1) is 20.3 Å². The number of alkyl halides is 1. The van der Waals surface area contributed by atoms with Crippen molar-refractivity contribution in [3.05, 3.63) is 23.8 Å². The van der Waals surface area contributed by atoms with Crippen LogP contribution in [0.15, 0.2) is 18.2 Å². The Balaban J connectivity index is 2.85. The fourth-order valence-electron chi connectivity index (χ4n) is 1.52. The van der Waals surface area contributed by atoms with Gasteiger partial charge in [0.15, 0.2) is 0 Å². The second-order valence-corrected chi connectivity index (χ2v) is 3.83. The maximum absolute atomic E-state index is 9.95. The molecule has 0 radical (unpaired) electrons. The Hall–Kier alpha value is -0.930. The molecule has 0 saturated heterocycles. The molecule has 0 aliphatic rings. The van der Waals surface area contributed by atoms with Crippen LogP contribution in [0.4, 0.5) is 0 Å². The fraction of sp³-hybridized carbons (Fsp3) is 0.500. The predicted molar refractivity (Wildman–Crippen MR) is 64.5 cm³/mol. The quantitative estimate of drug-likeness (QED) is 0.782. The fourth-order valence-corrected chi connectivity index (χ4v) is 1.67. The van der Waals surface area contributed by atoms with E-state index in [1.165, 1.54) is 0 Å². The van der Waals surface area contributed by atoms with Crippen molar-refractivity contribution in [2.24, 2.45) is 0 Å². The predicted octanol–water partition coefficient (Wildman–Crippen LogP) is 2.76. The van der Waals surface area contributed by atoms with Gasteiger partial charge in [0, 0.05) is 17.5 Å². The van der Waals surface area contributed by atoms with Gasteiger partial charge in [-0.15, -0.1) is 11.6 Å². The maximum Gasteiger partial charge on any atom is 0.128 e. The molecule has 90 valence electrons. The first-order chi connectivity index (χ1) is 7.72. The lowest BCUT2D eigenvalue weighted by atomic mass is 10.0. The molecule has 0 saturated carbocycles. The Morgan fingerprint density at radius 3 is 2.62 bits per heavy atom. The Morgan fingerprint density at radius 1 is 1.31 bits per heavy atom. The molecule has 4 heteroatoms. The molecule has 0 spiro atoms. The molecule has 1 aromatic rings. The largest absolute Gasteiger partial charge is 0.497 e. The van der Waals surface area contributed by atoms with Crippen molar-refractivity contribution in [1.29, 1.82) is 0 Å². The minimum Gasteiger partial charge on any atom is -0.497 e. The summed E-state index contributed by atoms with van der Waals surface area (Å²) in [7, 11) is 3.17. The molecule has 0 aromatic heterocycles. The summed E-state index contributed by atoms with van der Waals surface area (Å²) in [6.45, 7) is 0. The smallest absolute Gasteiger partial charge is 0.128 e. The van der Waals surface area contributed by atoms with E-state index < -0.39 is 6.10 Å². The van der Waals surface area contributed by atoms with E-state index in [1.807, 2.05) is 12.1 Å². The van der Waals surface area contributed by atoms with E-state index in [4.69, 9.17) is 21.1 Å². The zero-order chi connectivity index (χ0) is 12.0. The molecule has 1 unspecified atom stereocenters. The third kappa shape index (κ3) is 3.29. The van der Waals surface area contributed by atoms with Crippen LogP contribution in [0, 0.1) is 0 Å². The number of hydrogen-bond donors (Lipinski definition) is 1. The molecule has 3 nitrogen and oxygen atoms in total. The number of benzene rings is 1. The first-order valence-electron chi connectivity index (χ1n) is 5.19. The molecule has 0 aliphatic carbocycles. The van der Waals surface area contributed by atoms with Gasteiger partial charge in [-0.05, 0) is 25.0 Å². The van der Waals surface area contributed by atoms with Crippen molar-refractivity contribution >= 4 is 11.6 Å². The van der Waals surface area contributed by atoms with Crippen LogP contribution in [0.25, 0.3) is 0 Å². The average molecular weight is 245 g/mol. The zero-order valence-electron chi connectivity index (χ0n) is 9.57. The summed E-state index contributed by atoms with van der Waals surface area (Å²) in [6.07, 6.45) is 0.865. The van der Waals surface area contributed by atoms with Crippen LogP contribution in [-0.4, -0.2) is 25.2 Å². The van der Waals surface area contributed by atoms with E-state index in [0.29, 0.717) is 23.8 Å². The van der Waals surface area contributed by atoms with Crippen molar-refractivity contribution in [2.45, 2.75) is 18.9 Å². The SMILES string of the molecule is COc1ccc(C(O)CCCCl)c(OC)c1. The molecule has 0 amide bonds. The van der Waals surface area contributed by atoms with Gasteiger partial charge in [0.25, 0.3) is 0 Å². The molecule has 1 atom stereocenters. The molecular weight excluding hydrogens is 228 g/mol. The number of hydrogen-bond acceptors (Lipinski definition) is 3. The number of ether oxygens (including phenoxy) is 2. The van der Waals surface area contributed by atoms with Crippen LogP contribution in [0.2, 0.25) is 0 Å². The third-order valence-electron chi connectivity index (χ3n) is 2.41. The molecule has 1 aromatic carbocycles. The third-order valence-corrected chi connectivity index (χ3v) is 2.68. The Bertz CT molecular complexity index is 328. The number of halogens is 1. The maximum atomic E-state index is 9.95. The van der Waals surface area contributed by atoms with Gasteiger partial charge >= 0.3 is 0 Å². The Labute approximate surface area is 101 Å². The molecule has 0 heterocycles. The Kier molecular flexibility index (Phi) is 5.43. The summed E-state index contributed by atoms with van der Waals surface area (Å²) >= 11 is 5.59. The molecule has 16 heavy (non-hydrogen) atoms. The minimum absolute atomic E-state index is 0.542. The van der Waals surface area contributed by atoms with Crippen molar-refractivity contribution < 1.29 is 14.6 Å². The lowest BCUT2D eigenvalue weighted by molar-refractivity contribution is 0.162. The van der Waals surface area contributed by atoms with E-state index in [-0.39, 0.29) is 0 Å². The first kappa shape index (κ1) is 13.1. The van der Waals surface area contributed by atoms with Gasteiger partial charge in [-0.1, -0.05) is 0 Å². The van der Waals surface area contributed by atoms with Gasteiger partial charge in [-0.25, -0.2) is 0 Å². The van der Waals surface area contributed by atoms with Gasteiger partial charge < -0.3 is 14.6 Å². The lowest BCUT2D eigenvalue weighted by Gasteiger charge is -2.15. The highest BCUT2D eigenvalue weighted by Crippen LogP contribution is 2.31. The van der Waals surface area contributed by atoms with Crippen molar-refractivity contribution in [3.8, 4) is 11.5 Å². The van der Waals surface area contributed by atoms with Crippen LogP contribution in [-0.2, 0) is 0 Å². The summed E-state index contributed by atoms with van der Waals surface area (Å²) in [5.41, 5.74) is 0.772. The normalized spacial score (nSPS) is 12.2. The molecule has 0 fully saturated rings. The number of aliphatic hydroxyl groups is 1. The molecule has 1 rings (SSSR count). The number of methoxy groups -OCH3 is 2. The van der Waals surface area contributed by atoms with Gasteiger partial charge in [0.2, 0.25) is 0 Å². The topological polar surface area (TPSA) is 38.7 Å². The highest BCUT2D eigenvalue weighted by molar-refractivity contribution is 6.17. The highest BCUT2D eigenvalue weighted by Gasteiger charge is 2.13. The standard InChI is InChI=1S/C12H17ClO3/c1-15-9-5-6-10(12(8-9)16-2)11(14)4-3-7-13/h5-6,8,11,14H,3-4,7H2,1-2H3. The van der Waals surface area contributed by atoms with E-state index in [0.717, 1.165) is 12.0 Å². The van der Waals surface area contributed by atoms with E-state index >= 15 is 0 Å². The van der Waals surface area contributed by atoms with Crippen LogP contribution in [0.5, 0.6) is 11.5 Å². The summed E-state index contributed by atoms with van der Waals surface area (Å²) < 4.78 is 10.3. The van der Waals surface area contributed by atoms with Crippen molar-refractivity contribution in [1.82, 2.24) is 0 Å². The lowest BCUT2D eigenvalue weighted by Crippen LogP contribution is -2.01. The summed E-state index contributed by atoms with van der Waals surface area (Å²) in [4.78, 5) is 0. The van der Waals surface area contributed by atoms with Crippen LogP contribution in [0.1, 0.15) is 24.5 Å². The number of rotatable bonds is 6. The van der Waals surface area contributed by atoms with Crippen LogP contribution < -0.4 is 9.47 Å². The number of aliphatic hydroxyl groups excluding tert-OH is 1. The average Bonchev–Trinajstić information content (AvgIpc) is 2.34. The molecule has 0 bridgehead atoms. The van der Waals surface area contributed by atoms with Crippen LogP contribution >= 0.6 is 11.6 Å². The monoisotopic (exact) mass is 244 g/mol. The van der Waals surface area contributed by atoms with E-state index in [9.17, 15) is 5.11 Å². The second-order valence-electron chi connectivity index (χ2n) is 3.45. The zero-order valence-corrected chi connectivity index (χ0v) is 10.3. The first-order valence-corrected chi connectivity index (χ1v) is 5.72. The summed E-state index contributed by atoms with van der Waals surface area (Å²) in [5.74, 6) is 1.90. The molecular formula is C12H17ClO3. The van der Waals surface area contributed by atoms with E-state index in [2.05, 4.69) is 0 Å². The van der Waals surface area contributed by atoms with Crippen molar-refractivity contribution in [3.63, 3.8) is 0 Å². The minimum atomic E-state index is -0.542. The van der Waals surface area contributed by atoms with Crippen LogP contribution in [0.3, 0.4) is 0 Å². The highest BCUT2D eigenvalue weighted by atomic mass is 35.5. The second kappa shape index (κ2) is 6.61. The van der Waals surface area contributed by atoms with Gasteiger partial charge in [-0.2, -0.15) is 0 Å². The van der Waals surface area contributed by atoms with E-state index in [1.54, 1.807) is 20.3 Å². The molecule has 1 N–H and O–H groups in total. The van der Waals surface area contributed by atoms with Gasteiger partial charge in [-0.3, -0.25) is 0 Å². The van der Waals surface area contributed by atoms with Gasteiger partial charge in [0.1, 0.15) is 11.5 Å². The molecule has 0 aliphatic heterocycles. The Morgan fingerprint density at radius 2 is 2.06 bits per heavy atom. The van der Waals surface area contributed by atoms with Crippen molar-refractivity contribution in [2.75, 3.05) is 20.1 Å².